The first kappa shape index (κ1) is 24.5. The number of benzene rings is 2. The van der Waals surface area contributed by atoms with E-state index in [9.17, 15) is 28.1 Å². The molecule has 1 unspecified atom stereocenters. The Bertz CT molecular complexity index is 1190. The van der Waals surface area contributed by atoms with Crippen molar-refractivity contribution < 1.29 is 22.9 Å². The quantitative estimate of drug-likeness (QED) is 0.383. The van der Waals surface area contributed by atoms with Crippen LogP contribution in [0.4, 0.5) is 11.4 Å². The number of amides is 2. The first-order valence-corrected chi connectivity index (χ1v) is 10.8. The molecule has 0 saturated carbocycles. The first-order valence-electron chi connectivity index (χ1n) is 9.23. The van der Waals surface area contributed by atoms with Crippen molar-refractivity contribution in [3.05, 3.63) is 64.2 Å². The van der Waals surface area contributed by atoms with Gasteiger partial charge in [0.25, 0.3) is 5.69 Å². The van der Waals surface area contributed by atoms with Crippen LogP contribution in [-0.4, -0.2) is 30.7 Å². The minimum absolute atomic E-state index is 0.00638. The van der Waals surface area contributed by atoms with Crippen LogP contribution >= 0.6 is 0 Å². The third-order valence-electron chi connectivity index (χ3n) is 4.19. The number of carbonyl (C=O) groups excluding carboxylic acids is 2. The van der Waals surface area contributed by atoms with Crippen molar-refractivity contribution in [3.8, 4) is 12.3 Å². The van der Waals surface area contributed by atoms with Gasteiger partial charge in [0, 0.05) is 23.4 Å². The molecule has 0 aliphatic carbocycles. The zero-order valence-electron chi connectivity index (χ0n) is 17.6. The molecule has 11 heteroatoms. The largest absolute Gasteiger partial charge is 0.349 e. The van der Waals surface area contributed by atoms with Crippen LogP contribution in [-0.2, 0) is 19.6 Å². The minimum Gasteiger partial charge on any atom is -0.349 e. The molecule has 0 saturated heterocycles. The summed E-state index contributed by atoms with van der Waals surface area (Å²) in [6.45, 7) is 5.19. The van der Waals surface area contributed by atoms with Crippen LogP contribution in [0.5, 0.6) is 0 Å². The Kier molecular flexibility index (Phi) is 7.03. The standard InChI is InChI=1S/C21H22N4O6S/c1-5-18(26)24(16-7-6-8-17(13-16)32(22,30)31)19(20(27)23-21(2,3)4)14-9-11-15(12-10-14)25(28)29/h1,6-13,19H,2-4H3,(H,23,27)(H2,22,30,31). The molecule has 2 aromatic carbocycles. The van der Waals surface area contributed by atoms with E-state index in [-0.39, 0.29) is 21.8 Å². The average molecular weight is 458 g/mol. The lowest BCUT2D eigenvalue weighted by molar-refractivity contribution is -0.384. The van der Waals surface area contributed by atoms with Crippen molar-refractivity contribution in [1.29, 1.82) is 0 Å². The molecule has 2 amide bonds. The summed E-state index contributed by atoms with van der Waals surface area (Å²) in [7, 11) is -4.11. The van der Waals surface area contributed by atoms with E-state index in [1.165, 1.54) is 42.5 Å². The predicted octanol–water partition coefficient (Wildman–Crippen LogP) is 1.86. The number of nitrogens with one attached hydrogen (secondary N) is 1. The van der Waals surface area contributed by atoms with Gasteiger partial charge in [-0.25, -0.2) is 13.6 Å². The second-order valence-corrected chi connectivity index (χ2v) is 9.41. The van der Waals surface area contributed by atoms with Gasteiger partial charge in [0.05, 0.1) is 9.82 Å². The fraction of sp³-hybridized carbons (Fsp3) is 0.238. The van der Waals surface area contributed by atoms with Crippen molar-refractivity contribution in [2.45, 2.75) is 37.2 Å². The number of carbonyl (C=O) groups is 2. The first-order chi connectivity index (χ1) is 14.7. The second-order valence-electron chi connectivity index (χ2n) is 7.85. The monoisotopic (exact) mass is 458 g/mol. The van der Waals surface area contributed by atoms with E-state index < -0.39 is 38.3 Å². The number of anilines is 1. The summed E-state index contributed by atoms with van der Waals surface area (Å²) in [5.41, 5.74) is -0.674. The zero-order chi connectivity index (χ0) is 24.3. The molecule has 2 aromatic rings. The van der Waals surface area contributed by atoms with E-state index in [0.717, 1.165) is 11.0 Å². The molecule has 1 atom stereocenters. The smallest absolute Gasteiger partial charge is 0.303 e. The molecule has 0 fully saturated rings. The maximum Gasteiger partial charge on any atom is 0.303 e. The molecule has 0 heterocycles. The molecule has 0 aliphatic heterocycles. The Hall–Kier alpha value is -3.75. The van der Waals surface area contributed by atoms with Gasteiger partial charge in [-0.15, -0.1) is 6.42 Å². The molecule has 0 bridgehead atoms. The lowest BCUT2D eigenvalue weighted by Crippen LogP contribution is -2.49. The van der Waals surface area contributed by atoms with E-state index in [2.05, 4.69) is 5.32 Å². The van der Waals surface area contributed by atoms with Gasteiger partial charge in [-0.1, -0.05) is 6.07 Å². The van der Waals surface area contributed by atoms with Crippen molar-refractivity contribution in [2.75, 3.05) is 4.90 Å². The number of nitro groups is 1. The Balaban J connectivity index is 2.73. The molecule has 3 N–H and O–H groups in total. The summed E-state index contributed by atoms with van der Waals surface area (Å²) >= 11 is 0. The Morgan fingerprint density at radius 2 is 1.78 bits per heavy atom. The molecular formula is C21H22N4O6S. The lowest BCUT2D eigenvalue weighted by Gasteiger charge is -2.32. The maximum atomic E-state index is 13.2. The number of terminal acetylenes is 1. The summed E-state index contributed by atoms with van der Waals surface area (Å²) in [5.74, 6) is 0.382. The highest BCUT2D eigenvalue weighted by molar-refractivity contribution is 7.89. The van der Waals surface area contributed by atoms with Crippen molar-refractivity contribution in [2.24, 2.45) is 5.14 Å². The fourth-order valence-electron chi connectivity index (χ4n) is 2.90. The van der Waals surface area contributed by atoms with Crippen LogP contribution in [0.3, 0.4) is 0 Å². The topological polar surface area (TPSA) is 153 Å². The van der Waals surface area contributed by atoms with Crippen LogP contribution in [0.1, 0.15) is 32.4 Å². The normalized spacial score (nSPS) is 12.3. The van der Waals surface area contributed by atoms with Gasteiger partial charge < -0.3 is 5.32 Å². The van der Waals surface area contributed by atoms with Crippen molar-refractivity contribution in [3.63, 3.8) is 0 Å². The summed E-state index contributed by atoms with van der Waals surface area (Å²) in [6, 6.07) is 8.76. The van der Waals surface area contributed by atoms with E-state index >= 15 is 0 Å². The number of hydrogen-bond acceptors (Lipinski definition) is 6. The van der Waals surface area contributed by atoms with Crippen LogP contribution < -0.4 is 15.4 Å². The zero-order valence-corrected chi connectivity index (χ0v) is 18.4. The molecule has 10 nitrogen and oxygen atoms in total. The average Bonchev–Trinajstić information content (AvgIpc) is 2.69. The molecule has 0 aromatic heterocycles. The molecule has 0 aliphatic rings. The van der Waals surface area contributed by atoms with Crippen molar-refractivity contribution >= 4 is 33.2 Å². The number of non-ortho nitro benzene ring substituents is 1. The van der Waals surface area contributed by atoms with Crippen molar-refractivity contribution in [1.82, 2.24) is 5.32 Å². The Morgan fingerprint density at radius 3 is 2.25 bits per heavy atom. The summed E-state index contributed by atoms with van der Waals surface area (Å²) in [5, 5.41) is 19.0. The Morgan fingerprint density at radius 1 is 1.19 bits per heavy atom. The summed E-state index contributed by atoms with van der Waals surface area (Å²) in [6.07, 6.45) is 5.34. The number of primary sulfonamides is 1. The van der Waals surface area contributed by atoms with E-state index in [4.69, 9.17) is 11.6 Å². The van der Waals surface area contributed by atoms with Gasteiger partial charge in [0.1, 0.15) is 6.04 Å². The number of rotatable bonds is 6. The highest BCUT2D eigenvalue weighted by Gasteiger charge is 2.34. The molecule has 168 valence electrons. The van der Waals surface area contributed by atoms with Gasteiger partial charge in [-0.05, 0) is 62.6 Å². The van der Waals surface area contributed by atoms with E-state index in [0.29, 0.717) is 0 Å². The van der Waals surface area contributed by atoms with Crippen LogP contribution in [0.25, 0.3) is 0 Å². The van der Waals surface area contributed by atoms with Gasteiger partial charge in [0.2, 0.25) is 15.9 Å². The SMILES string of the molecule is C#CC(=O)N(c1cccc(S(N)(=O)=O)c1)C(C(=O)NC(C)(C)C)c1ccc([N+](=O)[O-])cc1. The number of nitro benzene ring substituents is 1. The third-order valence-corrected chi connectivity index (χ3v) is 5.10. The number of nitrogens with two attached hydrogens (primary N) is 1. The number of hydrogen-bond donors (Lipinski definition) is 2. The molecule has 0 radical (unpaired) electrons. The number of nitrogens with zero attached hydrogens (tertiary/aromatic N) is 2. The van der Waals surface area contributed by atoms with Gasteiger partial charge in [0.15, 0.2) is 0 Å². The molecular weight excluding hydrogens is 436 g/mol. The molecule has 2 rings (SSSR count). The Labute approximate surface area is 185 Å². The molecule has 0 spiro atoms. The van der Waals surface area contributed by atoms with E-state index in [1.54, 1.807) is 20.8 Å². The highest BCUT2D eigenvalue weighted by atomic mass is 32.2. The summed E-state index contributed by atoms with van der Waals surface area (Å²) in [4.78, 5) is 37.1. The van der Waals surface area contributed by atoms with Crippen LogP contribution in [0.15, 0.2) is 53.4 Å². The maximum absolute atomic E-state index is 13.2. The molecule has 32 heavy (non-hydrogen) atoms. The summed E-state index contributed by atoms with van der Waals surface area (Å²) < 4.78 is 23.6. The van der Waals surface area contributed by atoms with Crippen LogP contribution in [0.2, 0.25) is 0 Å². The third kappa shape index (κ3) is 5.90. The van der Waals surface area contributed by atoms with Gasteiger partial charge in [-0.3, -0.25) is 24.6 Å². The minimum atomic E-state index is -4.11. The second kappa shape index (κ2) is 9.17. The van der Waals surface area contributed by atoms with Gasteiger partial charge in [-0.2, -0.15) is 0 Å². The lowest BCUT2D eigenvalue weighted by atomic mass is 10.0. The highest BCUT2D eigenvalue weighted by Crippen LogP contribution is 2.31. The van der Waals surface area contributed by atoms with Gasteiger partial charge >= 0.3 is 5.91 Å². The van der Waals surface area contributed by atoms with E-state index in [1.807, 2.05) is 5.92 Å². The number of sulfonamides is 1. The fourth-order valence-corrected chi connectivity index (χ4v) is 3.45. The van der Waals surface area contributed by atoms with Crippen LogP contribution in [0, 0.1) is 22.5 Å². The predicted molar refractivity (Wildman–Crippen MR) is 118 cm³/mol.